The van der Waals surface area contributed by atoms with Gasteiger partial charge in [0.2, 0.25) is 5.91 Å². The van der Waals surface area contributed by atoms with Crippen molar-refractivity contribution in [1.29, 1.82) is 0 Å². The van der Waals surface area contributed by atoms with E-state index in [1.54, 1.807) is 6.92 Å². The Bertz CT molecular complexity index is 183. The van der Waals surface area contributed by atoms with Crippen LogP contribution in [0, 0.1) is 5.92 Å². The van der Waals surface area contributed by atoms with E-state index in [2.05, 4.69) is 18.7 Å². The van der Waals surface area contributed by atoms with E-state index >= 15 is 0 Å². The van der Waals surface area contributed by atoms with Gasteiger partial charge in [0.05, 0.1) is 0 Å². The van der Waals surface area contributed by atoms with Crippen LogP contribution in [0.5, 0.6) is 0 Å². The van der Waals surface area contributed by atoms with Crippen molar-refractivity contribution in [2.45, 2.75) is 58.9 Å². The highest BCUT2D eigenvalue weighted by Gasteiger charge is 2.23. The molecule has 0 bridgehead atoms. The Labute approximate surface area is 87.7 Å². The van der Waals surface area contributed by atoms with E-state index in [1.807, 2.05) is 0 Å². The van der Waals surface area contributed by atoms with Crippen LogP contribution in [0.4, 0.5) is 0 Å². The third kappa shape index (κ3) is 3.32. The minimum atomic E-state index is 0.255. The molecule has 0 radical (unpaired) electrons. The summed E-state index contributed by atoms with van der Waals surface area (Å²) in [5.74, 6) is 0.839. The highest BCUT2D eigenvalue weighted by atomic mass is 16.2. The third-order valence-electron chi connectivity index (χ3n) is 2.98. The average Bonchev–Trinajstić information content (AvgIpc) is 2.15. The van der Waals surface area contributed by atoms with Gasteiger partial charge in [0.15, 0.2) is 0 Å². The highest BCUT2D eigenvalue weighted by molar-refractivity contribution is 5.73. The normalized spacial score (nSPS) is 18.6. The second-order valence-corrected chi connectivity index (χ2v) is 4.86. The van der Waals surface area contributed by atoms with Crippen LogP contribution < -0.4 is 0 Å². The number of carbonyl (C=O) groups excluding carboxylic acids is 1. The predicted octanol–water partition coefficient (Wildman–Crippen LogP) is 2.82. The monoisotopic (exact) mass is 197 g/mol. The minimum absolute atomic E-state index is 0.255. The summed E-state index contributed by atoms with van der Waals surface area (Å²) >= 11 is 0. The summed E-state index contributed by atoms with van der Waals surface area (Å²) in [4.78, 5) is 13.6. The number of rotatable bonds is 3. The maximum Gasteiger partial charge on any atom is 0.219 e. The lowest BCUT2D eigenvalue weighted by atomic mass is 9.93. The Kier molecular flexibility index (Phi) is 4.43. The third-order valence-corrected chi connectivity index (χ3v) is 2.98. The molecule has 82 valence electrons. The number of nitrogens with zero attached hydrogens (tertiary/aromatic N) is 1. The SMILES string of the molecule is CC(=O)N(CC(C)C)C1CCCCC1. The van der Waals surface area contributed by atoms with Gasteiger partial charge in [-0.2, -0.15) is 0 Å². The molecule has 1 aliphatic carbocycles. The van der Waals surface area contributed by atoms with Crippen LogP contribution in [0.3, 0.4) is 0 Å². The highest BCUT2D eigenvalue weighted by Crippen LogP contribution is 2.23. The summed E-state index contributed by atoms with van der Waals surface area (Å²) in [6.45, 7) is 6.99. The van der Waals surface area contributed by atoms with E-state index in [-0.39, 0.29) is 5.91 Å². The molecule has 14 heavy (non-hydrogen) atoms. The van der Waals surface area contributed by atoms with Gasteiger partial charge in [-0.15, -0.1) is 0 Å². The summed E-state index contributed by atoms with van der Waals surface area (Å²) in [6, 6.07) is 0.531. The first-order valence-corrected chi connectivity index (χ1v) is 5.88. The van der Waals surface area contributed by atoms with Crippen molar-refractivity contribution in [2.75, 3.05) is 6.54 Å². The van der Waals surface area contributed by atoms with Gasteiger partial charge in [0.25, 0.3) is 0 Å². The molecular formula is C12H23NO. The van der Waals surface area contributed by atoms with E-state index in [0.29, 0.717) is 12.0 Å². The molecule has 1 aliphatic rings. The number of amides is 1. The predicted molar refractivity (Wildman–Crippen MR) is 59.1 cm³/mol. The van der Waals surface area contributed by atoms with Crippen LogP contribution in [0.1, 0.15) is 52.9 Å². The average molecular weight is 197 g/mol. The van der Waals surface area contributed by atoms with Crippen LogP contribution in [-0.4, -0.2) is 23.4 Å². The molecule has 0 aromatic carbocycles. The minimum Gasteiger partial charge on any atom is -0.340 e. The molecule has 0 spiro atoms. The van der Waals surface area contributed by atoms with Crippen molar-refractivity contribution in [2.24, 2.45) is 5.92 Å². The fraction of sp³-hybridized carbons (Fsp3) is 0.917. The molecule has 1 amide bonds. The molecule has 1 rings (SSSR count). The fourth-order valence-corrected chi connectivity index (χ4v) is 2.32. The summed E-state index contributed by atoms with van der Waals surface area (Å²) in [7, 11) is 0. The lowest BCUT2D eigenvalue weighted by Gasteiger charge is -2.34. The largest absolute Gasteiger partial charge is 0.340 e. The Morgan fingerprint density at radius 2 is 1.86 bits per heavy atom. The van der Waals surface area contributed by atoms with Gasteiger partial charge in [0.1, 0.15) is 0 Å². The second-order valence-electron chi connectivity index (χ2n) is 4.86. The molecule has 2 nitrogen and oxygen atoms in total. The van der Waals surface area contributed by atoms with Crippen LogP contribution in [0.15, 0.2) is 0 Å². The summed E-state index contributed by atoms with van der Waals surface area (Å²) in [5, 5.41) is 0. The quantitative estimate of drug-likeness (QED) is 0.681. The van der Waals surface area contributed by atoms with Gasteiger partial charge in [-0.3, -0.25) is 4.79 Å². The van der Waals surface area contributed by atoms with E-state index in [4.69, 9.17) is 0 Å². The molecule has 0 aliphatic heterocycles. The van der Waals surface area contributed by atoms with Gasteiger partial charge in [0, 0.05) is 19.5 Å². The van der Waals surface area contributed by atoms with Gasteiger partial charge >= 0.3 is 0 Å². The summed E-state index contributed by atoms with van der Waals surface area (Å²) in [5.41, 5.74) is 0. The standard InChI is InChI=1S/C12H23NO/c1-10(2)9-13(11(3)14)12-7-5-4-6-8-12/h10,12H,4-9H2,1-3H3. The Morgan fingerprint density at radius 1 is 1.29 bits per heavy atom. The first-order chi connectivity index (χ1) is 6.61. The molecule has 0 atom stereocenters. The number of carbonyl (C=O) groups is 1. The summed E-state index contributed by atoms with van der Waals surface area (Å²) in [6.07, 6.45) is 6.38. The molecule has 0 unspecified atom stereocenters. The lowest BCUT2D eigenvalue weighted by Crippen LogP contribution is -2.42. The first kappa shape index (κ1) is 11.5. The molecule has 0 N–H and O–H groups in total. The fourth-order valence-electron chi connectivity index (χ4n) is 2.32. The molecule has 0 heterocycles. The maximum atomic E-state index is 11.5. The zero-order valence-electron chi connectivity index (χ0n) is 9.75. The summed E-state index contributed by atoms with van der Waals surface area (Å²) < 4.78 is 0. The Hall–Kier alpha value is -0.530. The van der Waals surface area contributed by atoms with Gasteiger partial charge < -0.3 is 4.90 Å². The van der Waals surface area contributed by atoms with Crippen molar-refractivity contribution >= 4 is 5.91 Å². The van der Waals surface area contributed by atoms with Gasteiger partial charge in [-0.25, -0.2) is 0 Å². The molecule has 0 saturated heterocycles. The number of hydrogen-bond donors (Lipinski definition) is 0. The van der Waals surface area contributed by atoms with Crippen molar-refractivity contribution in [3.63, 3.8) is 0 Å². The zero-order chi connectivity index (χ0) is 10.6. The molecule has 1 saturated carbocycles. The van der Waals surface area contributed by atoms with Crippen molar-refractivity contribution < 1.29 is 4.79 Å². The van der Waals surface area contributed by atoms with Gasteiger partial charge in [-0.1, -0.05) is 33.1 Å². The van der Waals surface area contributed by atoms with Crippen LogP contribution in [-0.2, 0) is 4.79 Å². The second kappa shape index (κ2) is 5.38. The lowest BCUT2D eigenvalue weighted by molar-refractivity contribution is -0.132. The molecular weight excluding hydrogens is 174 g/mol. The smallest absolute Gasteiger partial charge is 0.219 e. The van der Waals surface area contributed by atoms with Crippen molar-refractivity contribution in [1.82, 2.24) is 4.90 Å². The molecule has 1 fully saturated rings. The van der Waals surface area contributed by atoms with Crippen LogP contribution in [0.25, 0.3) is 0 Å². The zero-order valence-corrected chi connectivity index (χ0v) is 9.75. The van der Waals surface area contributed by atoms with Gasteiger partial charge in [-0.05, 0) is 18.8 Å². The van der Waals surface area contributed by atoms with Crippen molar-refractivity contribution in [3.8, 4) is 0 Å². The van der Waals surface area contributed by atoms with E-state index in [9.17, 15) is 4.79 Å². The van der Waals surface area contributed by atoms with E-state index < -0.39 is 0 Å². The molecule has 0 aromatic heterocycles. The maximum absolute atomic E-state index is 11.5. The van der Waals surface area contributed by atoms with E-state index in [1.165, 1.54) is 32.1 Å². The molecule has 0 aromatic rings. The topological polar surface area (TPSA) is 20.3 Å². The van der Waals surface area contributed by atoms with Crippen molar-refractivity contribution in [3.05, 3.63) is 0 Å². The molecule has 2 heteroatoms. The van der Waals surface area contributed by atoms with Crippen LogP contribution >= 0.6 is 0 Å². The first-order valence-electron chi connectivity index (χ1n) is 5.88. The van der Waals surface area contributed by atoms with Crippen LogP contribution in [0.2, 0.25) is 0 Å². The Balaban J connectivity index is 2.51. The van der Waals surface area contributed by atoms with E-state index in [0.717, 1.165) is 6.54 Å². The Morgan fingerprint density at radius 3 is 2.29 bits per heavy atom. The number of hydrogen-bond acceptors (Lipinski definition) is 1.